The molecule has 1 unspecified atom stereocenters. The molecule has 0 spiro atoms. The van der Waals surface area contributed by atoms with E-state index in [2.05, 4.69) is 6.07 Å². The molecule has 1 rings (SSSR count). The summed E-state index contributed by atoms with van der Waals surface area (Å²) < 4.78 is 5.06. The minimum atomic E-state index is -0.468. The number of esters is 1. The molecule has 0 aliphatic heterocycles. The summed E-state index contributed by atoms with van der Waals surface area (Å²) in [7, 11) is 0. The molecular weight excluding hydrogens is 290 g/mol. The number of benzene rings is 1. The number of nitrogens with two attached hydrogens (primary N) is 1. The van der Waals surface area contributed by atoms with Crippen LogP contribution in [0.1, 0.15) is 31.1 Å². The fourth-order valence-corrected chi connectivity index (χ4v) is 2.40. The summed E-state index contributed by atoms with van der Waals surface area (Å²) in [6.45, 7) is 6.85. The average Bonchev–Trinajstić information content (AvgIpc) is 2.44. The van der Waals surface area contributed by atoms with Gasteiger partial charge in [-0.2, -0.15) is 5.26 Å². The van der Waals surface area contributed by atoms with Crippen LogP contribution in [0, 0.1) is 17.2 Å². The van der Waals surface area contributed by atoms with E-state index in [0.717, 1.165) is 0 Å². The largest absolute Gasteiger partial charge is 0.462 e. The topological polar surface area (TPSA) is 79.3 Å². The lowest BCUT2D eigenvalue weighted by atomic mass is 10.1. The van der Waals surface area contributed by atoms with Gasteiger partial charge in [-0.1, -0.05) is 11.6 Å². The first-order chi connectivity index (χ1) is 9.94. The number of carbonyl (C=O) groups excluding carboxylic acids is 1. The van der Waals surface area contributed by atoms with Crippen LogP contribution in [0.4, 0.5) is 11.4 Å². The summed E-state index contributed by atoms with van der Waals surface area (Å²) >= 11 is 6.27. The molecule has 0 saturated carbocycles. The van der Waals surface area contributed by atoms with Gasteiger partial charge >= 0.3 is 5.97 Å². The van der Waals surface area contributed by atoms with E-state index in [9.17, 15) is 4.79 Å². The Morgan fingerprint density at radius 1 is 1.52 bits per heavy atom. The van der Waals surface area contributed by atoms with Crippen molar-refractivity contribution in [2.24, 2.45) is 5.92 Å². The quantitative estimate of drug-likeness (QED) is 0.645. The van der Waals surface area contributed by atoms with Crippen molar-refractivity contribution in [3.63, 3.8) is 0 Å². The zero-order valence-electron chi connectivity index (χ0n) is 12.5. The highest BCUT2D eigenvalue weighted by molar-refractivity contribution is 6.34. The third kappa shape index (κ3) is 4.27. The van der Waals surface area contributed by atoms with Gasteiger partial charge in [0.2, 0.25) is 0 Å². The van der Waals surface area contributed by atoms with E-state index in [1.165, 1.54) is 0 Å². The second kappa shape index (κ2) is 7.75. The predicted octanol–water partition coefficient (Wildman–Crippen LogP) is 3.08. The van der Waals surface area contributed by atoms with Crippen molar-refractivity contribution in [3.05, 3.63) is 22.7 Å². The molecule has 0 radical (unpaired) electrons. The van der Waals surface area contributed by atoms with Gasteiger partial charge in [-0.05, 0) is 32.9 Å². The Morgan fingerprint density at radius 3 is 2.71 bits per heavy atom. The molecule has 0 bridgehead atoms. The number of nitrogens with zero attached hydrogens (tertiary/aromatic N) is 2. The molecule has 0 aliphatic carbocycles. The van der Waals surface area contributed by atoms with Crippen molar-refractivity contribution < 1.29 is 9.53 Å². The van der Waals surface area contributed by atoms with Crippen LogP contribution in [0.2, 0.25) is 5.02 Å². The van der Waals surface area contributed by atoms with Crippen LogP contribution in [-0.2, 0) is 4.74 Å². The summed E-state index contributed by atoms with van der Waals surface area (Å²) in [5.74, 6) is -0.654. The smallest absolute Gasteiger partial charge is 0.340 e. The first-order valence-corrected chi connectivity index (χ1v) is 7.23. The van der Waals surface area contributed by atoms with E-state index in [1.54, 1.807) is 19.1 Å². The van der Waals surface area contributed by atoms with Gasteiger partial charge in [0, 0.05) is 18.8 Å². The minimum absolute atomic E-state index is 0.186. The van der Waals surface area contributed by atoms with E-state index in [4.69, 9.17) is 27.3 Å². The molecule has 5 nitrogen and oxygen atoms in total. The summed E-state index contributed by atoms with van der Waals surface area (Å²) in [6.07, 6.45) is 0. The fourth-order valence-electron chi connectivity index (χ4n) is 2.06. The second-order valence-electron chi connectivity index (χ2n) is 4.69. The van der Waals surface area contributed by atoms with Gasteiger partial charge in [0.1, 0.15) is 0 Å². The van der Waals surface area contributed by atoms with Gasteiger partial charge in [-0.25, -0.2) is 4.79 Å². The normalized spacial score (nSPS) is 11.6. The van der Waals surface area contributed by atoms with Gasteiger partial charge in [0.05, 0.1) is 34.9 Å². The Hall–Kier alpha value is -1.93. The third-order valence-electron chi connectivity index (χ3n) is 2.99. The molecule has 0 aromatic heterocycles. The number of hydrogen-bond donors (Lipinski definition) is 1. The third-order valence-corrected chi connectivity index (χ3v) is 3.28. The standard InChI is InChI=1S/C15H20ClN3O2/c1-4-19(9-10(3)8-17)14-12(15(20)21-5-2)6-11(18)7-13(14)16/h6-7,10H,4-5,9,18H2,1-3H3. The zero-order valence-corrected chi connectivity index (χ0v) is 13.3. The lowest BCUT2D eigenvalue weighted by molar-refractivity contribution is 0.0527. The SMILES string of the molecule is CCOC(=O)c1cc(N)cc(Cl)c1N(CC)CC(C)C#N. The summed E-state index contributed by atoms with van der Waals surface area (Å²) in [4.78, 5) is 14.0. The lowest BCUT2D eigenvalue weighted by Crippen LogP contribution is -2.30. The molecule has 0 fully saturated rings. The summed E-state index contributed by atoms with van der Waals surface area (Å²) in [5, 5.41) is 9.36. The van der Waals surface area contributed by atoms with Crippen LogP contribution in [0.5, 0.6) is 0 Å². The van der Waals surface area contributed by atoms with Crippen molar-refractivity contribution in [3.8, 4) is 6.07 Å². The predicted molar refractivity (Wildman–Crippen MR) is 84.5 cm³/mol. The van der Waals surface area contributed by atoms with Crippen LogP contribution in [0.15, 0.2) is 12.1 Å². The van der Waals surface area contributed by atoms with Crippen molar-refractivity contribution in [1.29, 1.82) is 5.26 Å². The van der Waals surface area contributed by atoms with Gasteiger partial charge in [0.15, 0.2) is 0 Å². The van der Waals surface area contributed by atoms with Gasteiger partial charge in [-0.15, -0.1) is 0 Å². The van der Waals surface area contributed by atoms with E-state index >= 15 is 0 Å². The van der Waals surface area contributed by atoms with Crippen molar-refractivity contribution in [1.82, 2.24) is 0 Å². The number of halogens is 1. The fraction of sp³-hybridized carbons (Fsp3) is 0.467. The summed E-state index contributed by atoms with van der Waals surface area (Å²) in [6, 6.07) is 5.33. The van der Waals surface area contributed by atoms with Gasteiger partial charge < -0.3 is 15.4 Å². The Kier molecular flexibility index (Phi) is 6.32. The van der Waals surface area contributed by atoms with Gasteiger partial charge in [0.25, 0.3) is 0 Å². The van der Waals surface area contributed by atoms with Crippen molar-refractivity contribution in [2.75, 3.05) is 30.3 Å². The van der Waals surface area contributed by atoms with Crippen LogP contribution < -0.4 is 10.6 Å². The minimum Gasteiger partial charge on any atom is -0.462 e. The monoisotopic (exact) mass is 309 g/mol. The lowest BCUT2D eigenvalue weighted by Gasteiger charge is -2.27. The molecule has 0 heterocycles. The molecule has 21 heavy (non-hydrogen) atoms. The number of ether oxygens (including phenoxy) is 1. The van der Waals surface area contributed by atoms with E-state index < -0.39 is 5.97 Å². The van der Waals surface area contributed by atoms with Crippen molar-refractivity contribution >= 4 is 28.9 Å². The molecule has 1 aromatic carbocycles. The summed E-state index contributed by atoms with van der Waals surface area (Å²) in [5.41, 5.74) is 7.06. The molecular formula is C15H20ClN3O2. The van der Waals surface area contributed by atoms with E-state index in [1.807, 2.05) is 18.7 Å². The van der Waals surface area contributed by atoms with Gasteiger partial charge in [-0.3, -0.25) is 0 Å². The Morgan fingerprint density at radius 2 is 2.19 bits per heavy atom. The first-order valence-electron chi connectivity index (χ1n) is 6.85. The van der Waals surface area contributed by atoms with Crippen molar-refractivity contribution in [2.45, 2.75) is 20.8 Å². The average molecular weight is 310 g/mol. The van der Waals surface area contributed by atoms with Crippen LogP contribution in [0.3, 0.4) is 0 Å². The maximum absolute atomic E-state index is 12.1. The molecule has 0 saturated heterocycles. The molecule has 6 heteroatoms. The highest BCUT2D eigenvalue weighted by atomic mass is 35.5. The van der Waals surface area contributed by atoms with Crippen LogP contribution in [0.25, 0.3) is 0 Å². The highest BCUT2D eigenvalue weighted by Crippen LogP contribution is 2.33. The Labute approximate surface area is 130 Å². The maximum Gasteiger partial charge on any atom is 0.340 e. The number of nitrogen functional groups attached to an aromatic ring is 1. The second-order valence-corrected chi connectivity index (χ2v) is 5.10. The highest BCUT2D eigenvalue weighted by Gasteiger charge is 2.22. The number of rotatable bonds is 6. The number of nitriles is 1. The first kappa shape index (κ1) is 17.1. The molecule has 0 aliphatic rings. The number of hydrogen-bond acceptors (Lipinski definition) is 5. The molecule has 2 N–H and O–H groups in total. The van der Waals surface area contributed by atoms with Crippen LogP contribution in [-0.4, -0.2) is 25.7 Å². The zero-order chi connectivity index (χ0) is 16.0. The molecule has 1 atom stereocenters. The Balaban J connectivity index is 3.31. The molecule has 114 valence electrons. The Bertz CT molecular complexity index is 555. The van der Waals surface area contributed by atoms with Crippen LogP contribution >= 0.6 is 11.6 Å². The van der Waals surface area contributed by atoms with E-state index in [0.29, 0.717) is 35.1 Å². The number of anilines is 2. The molecule has 1 aromatic rings. The van der Waals surface area contributed by atoms with E-state index in [-0.39, 0.29) is 12.5 Å². The maximum atomic E-state index is 12.1. The molecule has 0 amide bonds. The number of carbonyl (C=O) groups is 1.